The zero-order chi connectivity index (χ0) is 19.1. The van der Waals surface area contributed by atoms with Crippen LogP contribution in [0.2, 0.25) is 0 Å². The van der Waals surface area contributed by atoms with E-state index < -0.39 is 0 Å². The maximum absolute atomic E-state index is 13.0. The molecule has 2 atom stereocenters. The van der Waals surface area contributed by atoms with Crippen LogP contribution in [-0.4, -0.2) is 60.8 Å². The fourth-order valence-corrected chi connectivity index (χ4v) is 5.03. The van der Waals surface area contributed by atoms with Crippen LogP contribution in [0.15, 0.2) is 24.3 Å². The molecule has 0 radical (unpaired) electrons. The third-order valence-electron chi connectivity index (χ3n) is 7.10. The molecule has 1 N–H and O–H groups in total. The van der Waals surface area contributed by atoms with Gasteiger partial charge in [-0.05, 0) is 36.0 Å². The van der Waals surface area contributed by atoms with Crippen LogP contribution in [0.5, 0.6) is 0 Å². The standard InChI is InChI=1S/C21H30FN3O2/c1-21-8-12-25(27,13-9-21)15-19(21)20(26)23-18-7-11-24(14-18)10-6-16-2-4-17(22)5-3-16/h2-5,18-19H,6-15H2,1H3,(H,23,26). The number of rotatable bonds is 5. The molecule has 1 amide bonds. The van der Waals surface area contributed by atoms with Crippen molar-refractivity contribution in [2.75, 3.05) is 39.3 Å². The highest BCUT2D eigenvalue weighted by atomic mass is 19.1. The van der Waals surface area contributed by atoms with Gasteiger partial charge in [0.2, 0.25) is 5.91 Å². The fraction of sp³-hybridized carbons (Fsp3) is 0.667. The average molecular weight is 375 g/mol. The van der Waals surface area contributed by atoms with E-state index in [0.717, 1.165) is 50.9 Å². The number of nitrogens with one attached hydrogen (secondary N) is 1. The summed E-state index contributed by atoms with van der Waals surface area (Å²) in [4.78, 5) is 15.3. The Balaban J connectivity index is 1.27. The normalized spacial score (nSPS) is 36.1. The van der Waals surface area contributed by atoms with Gasteiger partial charge in [0, 0.05) is 38.5 Å². The van der Waals surface area contributed by atoms with Crippen molar-refractivity contribution in [3.63, 3.8) is 0 Å². The molecule has 5 nitrogen and oxygen atoms in total. The minimum Gasteiger partial charge on any atom is -0.633 e. The number of hydrogen-bond acceptors (Lipinski definition) is 3. The number of nitrogens with zero attached hydrogens (tertiary/aromatic N) is 2. The monoisotopic (exact) mass is 375 g/mol. The van der Waals surface area contributed by atoms with Crippen LogP contribution in [0.25, 0.3) is 0 Å². The van der Waals surface area contributed by atoms with Gasteiger partial charge in [0.25, 0.3) is 0 Å². The molecule has 1 aromatic carbocycles. The first-order valence-electron chi connectivity index (χ1n) is 10.2. The maximum Gasteiger partial charge on any atom is 0.229 e. The van der Waals surface area contributed by atoms with Crippen LogP contribution >= 0.6 is 0 Å². The first-order chi connectivity index (χ1) is 12.9. The topological polar surface area (TPSA) is 55.4 Å². The quantitative estimate of drug-likeness (QED) is 0.635. The Hall–Kier alpha value is -1.50. The third-order valence-corrected chi connectivity index (χ3v) is 7.10. The lowest BCUT2D eigenvalue weighted by Crippen LogP contribution is -2.65. The minimum absolute atomic E-state index is 0.00460. The van der Waals surface area contributed by atoms with Crippen LogP contribution in [-0.2, 0) is 11.2 Å². The summed E-state index contributed by atoms with van der Waals surface area (Å²) >= 11 is 0. The summed E-state index contributed by atoms with van der Waals surface area (Å²) in [6.45, 7) is 6.71. The highest BCUT2D eigenvalue weighted by Crippen LogP contribution is 2.47. The first kappa shape index (κ1) is 18.8. The van der Waals surface area contributed by atoms with Gasteiger partial charge in [-0.25, -0.2) is 4.39 Å². The minimum atomic E-state index is -0.203. The van der Waals surface area contributed by atoms with Crippen LogP contribution in [0.3, 0.4) is 0 Å². The van der Waals surface area contributed by atoms with E-state index in [1.54, 1.807) is 0 Å². The number of hydrogen-bond donors (Lipinski definition) is 1. The smallest absolute Gasteiger partial charge is 0.229 e. The van der Waals surface area contributed by atoms with Crippen LogP contribution < -0.4 is 5.32 Å². The molecule has 0 saturated carbocycles. The van der Waals surface area contributed by atoms with E-state index in [9.17, 15) is 14.4 Å². The lowest BCUT2D eigenvalue weighted by atomic mass is 9.65. The van der Waals surface area contributed by atoms with Crippen molar-refractivity contribution in [2.24, 2.45) is 11.3 Å². The predicted molar refractivity (Wildman–Crippen MR) is 102 cm³/mol. The molecule has 4 aliphatic heterocycles. The predicted octanol–water partition coefficient (Wildman–Crippen LogP) is 2.30. The molecule has 0 aromatic heterocycles. The second-order valence-corrected chi connectivity index (χ2v) is 9.07. The molecule has 0 aliphatic carbocycles. The van der Waals surface area contributed by atoms with Gasteiger partial charge in [-0.3, -0.25) is 4.79 Å². The van der Waals surface area contributed by atoms with Crippen LogP contribution in [0, 0.1) is 22.4 Å². The second kappa shape index (κ2) is 7.15. The van der Waals surface area contributed by atoms with E-state index in [0.29, 0.717) is 19.6 Å². The molecule has 27 heavy (non-hydrogen) atoms. The Bertz CT molecular complexity index is 685. The Labute approximate surface area is 160 Å². The van der Waals surface area contributed by atoms with E-state index in [1.807, 2.05) is 12.1 Å². The van der Waals surface area contributed by atoms with Crippen molar-refractivity contribution in [3.8, 4) is 0 Å². The summed E-state index contributed by atoms with van der Waals surface area (Å²) in [5, 5.41) is 15.9. The fourth-order valence-electron chi connectivity index (χ4n) is 5.03. The van der Waals surface area contributed by atoms with Gasteiger partial charge in [-0.15, -0.1) is 0 Å². The number of fused-ring (bicyclic) bond motifs is 3. The molecule has 4 saturated heterocycles. The Morgan fingerprint density at radius 1 is 1.33 bits per heavy atom. The average Bonchev–Trinajstić information content (AvgIpc) is 3.09. The molecule has 4 aliphatic rings. The van der Waals surface area contributed by atoms with Crippen LogP contribution in [0.4, 0.5) is 4.39 Å². The molecule has 5 rings (SSSR count). The highest BCUT2D eigenvalue weighted by molar-refractivity contribution is 5.80. The molecule has 4 fully saturated rings. The summed E-state index contributed by atoms with van der Waals surface area (Å²) in [6.07, 6.45) is 3.57. The van der Waals surface area contributed by atoms with Crippen molar-refractivity contribution in [1.29, 1.82) is 0 Å². The number of likely N-dealkylation sites (tertiary alicyclic amines) is 1. The molecule has 6 heteroatoms. The summed E-state index contributed by atoms with van der Waals surface area (Å²) < 4.78 is 12.8. The second-order valence-electron chi connectivity index (χ2n) is 9.07. The lowest BCUT2D eigenvalue weighted by Gasteiger charge is -2.59. The zero-order valence-corrected chi connectivity index (χ0v) is 16.1. The third kappa shape index (κ3) is 4.03. The molecule has 0 spiro atoms. The molecule has 4 heterocycles. The summed E-state index contributed by atoms with van der Waals surface area (Å²) in [5.74, 6) is -0.266. The SMILES string of the molecule is CC12CC[N+]([O-])(CC1)CC2C(=O)NC1CCN(CCc2ccc(F)cc2)C1. The van der Waals surface area contributed by atoms with Crippen molar-refractivity contribution in [2.45, 2.75) is 38.6 Å². The zero-order valence-electron chi connectivity index (χ0n) is 16.1. The highest BCUT2D eigenvalue weighted by Gasteiger charge is 2.52. The van der Waals surface area contributed by atoms with E-state index in [1.165, 1.54) is 12.1 Å². The van der Waals surface area contributed by atoms with E-state index in [2.05, 4.69) is 17.1 Å². The van der Waals surface area contributed by atoms with Gasteiger partial charge in [-0.2, -0.15) is 0 Å². The van der Waals surface area contributed by atoms with Crippen molar-refractivity contribution >= 4 is 5.91 Å². The number of halogens is 1. The molecule has 1 aromatic rings. The van der Waals surface area contributed by atoms with Crippen LogP contribution in [0.1, 0.15) is 31.7 Å². The van der Waals surface area contributed by atoms with E-state index in [4.69, 9.17) is 0 Å². The van der Waals surface area contributed by atoms with Crippen molar-refractivity contribution in [3.05, 3.63) is 40.9 Å². The van der Waals surface area contributed by atoms with Gasteiger partial charge < -0.3 is 20.1 Å². The Morgan fingerprint density at radius 3 is 2.74 bits per heavy atom. The molecular formula is C21H30FN3O2. The first-order valence-corrected chi connectivity index (χ1v) is 10.2. The Kier molecular flexibility index (Phi) is 4.99. The van der Waals surface area contributed by atoms with Gasteiger partial charge in [0.05, 0.1) is 25.6 Å². The molecule has 148 valence electrons. The van der Waals surface area contributed by atoms with Gasteiger partial charge >= 0.3 is 0 Å². The molecule has 2 unspecified atom stereocenters. The summed E-state index contributed by atoms with van der Waals surface area (Å²) in [5.41, 5.74) is 1.13. The largest absolute Gasteiger partial charge is 0.633 e. The molecule has 2 bridgehead atoms. The molecular weight excluding hydrogens is 345 g/mol. The number of quaternary nitrogens is 1. The van der Waals surface area contributed by atoms with Crippen molar-refractivity contribution in [1.82, 2.24) is 10.2 Å². The maximum atomic E-state index is 13.0. The number of hydroxylamine groups is 3. The number of carbonyl (C=O) groups excluding carboxylic acids is 1. The summed E-state index contributed by atoms with van der Waals surface area (Å²) in [7, 11) is 0. The Morgan fingerprint density at radius 2 is 2.04 bits per heavy atom. The van der Waals surface area contributed by atoms with Gasteiger partial charge in [0.15, 0.2) is 0 Å². The summed E-state index contributed by atoms with van der Waals surface area (Å²) in [6, 6.07) is 6.84. The van der Waals surface area contributed by atoms with Gasteiger partial charge in [0.1, 0.15) is 5.82 Å². The van der Waals surface area contributed by atoms with Crippen molar-refractivity contribution < 1.29 is 13.8 Å². The number of carbonyl (C=O) groups is 1. The number of piperidine rings is 3. The van der Waals surface area contributed by atoms with E-state index in [-0.39, 0.29) is 33.7 Å². The van der Waals surface area contributed by atoms with E-state index >= 15 is 0 Å². The lowest BCUT2D eigenvalue weighted by molar-refractivity contribution is -0.903. The number of amides is 1. The van der Waals surface area contributed by atoms with Gasteiger partial charge in [-0.1, -0.05) is 19.1 Å². The number of benzene rings is 1.